The summed E-state index contributed by atoms with van der Waals surface area (Å²) in [5.74, 6) is -0.180. The summed E-state index contributed by atoms with van der Waals surface area (Å²) in [7, 11) is 0. The molecule has 6 rings (SSSR count). The second-order valence-electron chi connectivity index (χ2n) is 9.92. The van der Waals surface area contributed by atoms with E-state index in [2.05, 4.69) is 9.97 Å². The maximum absolute atomic E-state index is 14.0. The molecule has 4 heterocycles. The number of pyridine rings is 3. The normalized spacial score (nSPS) is 14.4. The van der Waals surface area contributed by atoms with E-state index in [1.165, 1.54) is 12.1 Å². The Bertz CT molecular complexity index is 1640. The Balaban J connectivity index is 1.41. The quantitative estimate of drug-likeness (QED) is 0.294. The number of hydrogen-bond acceptors (Lipinski definition) is 5. The molecule has 1 aliphatic rings. The summed E-state index contributed by atoms with van der Waals surface area (Å²) in [6, 6.07) is 17.8. The van der Waals surface area contributed by atoms with Gasteiger partial charge in [0.05, 0.1) is 34.8 Å². The third kappa shape index (κ3) is 4.33. The number of ketones is 1. The van der Waals surface area contributed by atoms with Crippen LogP contribution >= 0.6 is 0 Å². The highest BCUT2D eigenvalue weighted by Crippen LogP contribution is 2.35. The van der Waals surface area contributed by atoms with Gasteiger partial charge in [-0.1, -0.05) is 26.0 Å². The zero-order valence-corrected chi connectivity index (χ0v) is 20.5. The number of carbonyl (C=O) groups excluding carboxylic acids is 1. The van der Waals surface area contributed by atoms with Crippen LogP contribution in [0.4, 0.5) is 4.39 Å². The number of aromatic nitrogens is 5. The minimum Gasteiger partial charge on any atom is -0.305 e. The fraction of sp³-hybridized carbons (Fsp3) is 0.167. The zero-order chi connectivity index (χ0) is 25.6. The number of nitrogens with zero attached hydrogens (tertiary/aromatic N) is 5. The predicted octanol–water partition coefficient (Wildman–Crippen LogP) is 6.35. The fourth-order valence-electron chi connectivity index (χ4n) is 4.67. The predicted molar refractivity (Wildman–Crippen MR) is 140 cm³/mol. The first-order valence-corrected chi connectivity index (χ1v) is 12.2. The number of aryl methyl sites for hydroxylation is 1. The van der Waals surface area contributed by atoms with Crippen LogP contribution in [0.15, 0.2) is 85.6 Å². The van der Waals surface area contributed by atoms with E-state index >= 15 is 0 Å². The summed E-state index contributed by atoms with van der Waals surface area (Å²) in [5, 5.41) is 0. The van der Waals surface area contributed by atoms with Crippen molar-refractivity contribution in [1.82, 2.24) is 24.5 Å². The molecule has 0 bridgehead atoms. The van der Waals surface area contributed by atoms with E-state index in [0.29, 0.717) is 28.2 Å². The minimum absolute atomic E-state index is 0.142. The second-order valence-corrected chi connectivity index (χ2v) is 9.92. The molecule has 5 aromatic rings. The fourth-order valence-corrected chi connectivity index (χ4v) is 4.67. The Morgan fingerprint density at radius 2 is 1.70 bits per heavy atom. The van der Waals surface area contributed by atoms with E-state index in [9.17, 15) is 9.18 Å². The Kier molecular flexibility index (Phi) is 5.48. The smallest absolute Gasteiger partial charge is 0.170 e. The number of rotatable bonds is 4. The molecular formula is C30H24FN5O. The van der Waals surface area contributed by atoms with Crippen LogP contribution in [0.2, 0.25) is 0 Å². The van der Waals surface area contributed by atoms with Crippen LogP contribution in [0.3, 0.4) is 0 Å². The van der Waals surface area contributed by atoms with Crippen LogP contribution < -0.4 is 0 Å². The van der Waals surface area contributed by atoms with Crippen molar-refractivity contribution in [2.75, 3.05) is 0 Å². The highest BCUT2D eigenvalue weighted by Gasteiger charge is 2.35. The van der Waals surface area contributed by atoms with Crippen molar-refractivity contribution in [2.45, 2.75) is 26.7 Å². The number of carbonyl (C=O) groups is 1. The summed E-state index contributed by atoms with van der Waals surface area (Å²) in [6.07, 6.45) is 8.63. The van der Waals surface area contributed by atoms with E-state index in [-0.39, 0.29) is 17.0 Å². The highest BCUT2D eigenvalue weighted by molar-refractivity contribution is 6.02. The molecule has 0 atom stereocenters. The molecule has 0 N–H and O–H groups in total. The van der Waals surface area contributed by atoms with Crippen LogP contribution in [0.1, 0.15) is 36.3 Å². The number of imidazole rings is 1. The average molecular weight is 490 g/mol. The molecular weight excluding hydrogens is 465 g/mol. The van der Waals surface area contributed by atoms with Crippen molar-refractivity contribution in [3.8, 4) is 39.6 Å². The van der Waals surface area contributed by atoms with Crippen LogP contribution in [-0.4, -0.2) is 30.3 Å². The third-order valence-corrected chi connectivity index (χ3v) is 6.85. The van der Waals surface area contributed by atoms with Gasteiger partial charge in [-0.15, -0.1) is 0 Å². The first-order chi connectivity index (χ1) is 17.9. The highest BCUT2D eigenvalue weighted by atomic mass is 19.1. The van der Waals surface area contributed by atoms with Gasteiger partial charge in [0.1, 0.15) is 11.5 Å². The van der Waals surface area contributed by atoms with E-state index in [1.807, 2.05) is 67.1 Å². The number of fused-ring (bicyclic) bond motifs is 1. The molecule has 0 unspecified atom stereocenters. The van der Waals surface area contributed by atoms with Crippen molar-refractivity contribution in [2.24, 2.45) is 5.41 Å². The van der Waals surface area contributed by atoms with Crippen molar-refractivity contribution in [1.29, 1.82) is 0 Å². The molecule has 1 aliphatic carbocycles. The summed E-state index contributed by atoms with van der Waals surface area (Å²) < 4.78 is 15.9. The standard InChI is InChI=1S/C30H24FN5O/c1-30(2)11-10-24-23(29(30)37)8-9-25(34-24)28-17-36(18-33-28)22-14-26(19-5-3-7-21(31)13-19)35-27(15-22)20-6-4-12-32-16-20/h3-9,12-18H,10-11H2,1-2H3. The topological polar surface area (TPSA) is 73.6 Å². The molecule has 37 heavy (non-hydrogen) atoms. The van der Waals surface area contributed by atoms with Crippen LogP contribution in [0.25, 0.3) is 39.6 Å². The van der Waals surface area contributed by atoms with Gasteiger partial charge < -0.3 is 4.57 Å². The SMILES string of the molecule is CC1(C)CCc2nc(-c3cn(-c4cc(-c5cccnc5)nc(-c5cccc(F)c5)c4)cn3)ccc2C1=O. The second kappa shape index (κ2) is 8.85. The maximum atomic E-state index is 14.0. The van der Waals surface area contributed by atoms with Gasteiger partial charge in [-0.3, -0.25) is 14.8 Å². The Morgan fingerprint density at radius 1 is 0.892 bits per heavy atom. The van der Waals surface area contributed by atoms with E-state index in [1.54, 1.807) is 24.8 Å². The molecule has 0 spiro atoms. The summed E-state index contributed by atoms with van der Waals surface area (Å²) >= 11 is 0. The van der Waals surface area contributed by atoms with Gasteiger partial charge >= 0.3 is 0 Å². The maximum Gasteiger partial charge on any atom is 0.170 e. The van der Waals surface area contributed by atoms with Crippen molar-refractivity contribution < 1.29 is 9.18 Å². The van der Waals surface area contributed by atoms with E-state index < -0.39 is 0 Å². The number of hydrogen-bond donors (Lipinski definition) is 0. The van der Waals surface area contributed by atoms with Crippen molar-refractivity contribution in [3.05, 3.63) is 103 Å². The molecule has 0 saturated heterocycles. The number of Topliss-reactive ketones (excluding diaryl/α,β-unsaturated/α-hetero) is 1. The van der Waals surface area contributed by atoms with Gasteiger partial charge in [0.25, 0.3) is 0 Å². The summed E-state index contributed by atoms with van der Waals surface area (Å²) in [6.45, 7) is 3.97. The minimum atomic E-state index is -0.357. The lowest BCUT2D eigenvalue weighted by atomic mass is 9.75. The summed E-state index contributed by atoms with van der Waals surface area (Å²) in [4.78, 5) is 31.2. The Hall–Kier alpha value is -4.52. The molecule has 4 aromatic heterocycles. The van der Waals surface area contributed by atoms with Crippen molar-refractivity contribution in [3.63, 3.8) is 0 Å². The van der Waals surface area contributed by atoms with Crippen LogP contribution in [-0.2, 0) is 6.42 Å². The van der Waals surface area contributed by atoms with Gasteiger partial charge in [-0.2, -0.15) is 0 Å². The average Bonchev–Trinajstić information content (AvgIpc) is 3.42. The van der Waals surface area contributed by atoms with Crippen LogP contribution in [0, 0.1) is 11.2 Å². The lowest BCUT2D eigenvalue weighted by Crippen LogP contribution is -2.31. The van der Waals surface area contributed by atoms with Gasteiger partial charge in [-0.05, 0) is 61.4 Å². The lowest BCUT2D eigenvalue weighted by Gasteiger charge is -2.28. The Labute approximate surface area is 213 Å². The first kappa shape index (κ1) is 22.9. The molecule has 0 radical (unpaired) electrons. The van der Waals surface area contributed by atoms with E-state index in [4.69, 9.17) is 9.97 Å². The molecule has 0 amide bonds. The molecule has 0 fully saturated rings. The van der Waals surface area contributed by atoms with Crippen molar-refractivity contribution >= 4 is 5.78 Å². The first-order valence-electron chi connectivity index (χ1n) is 12.2. The molecule has 7 heteroatoms. The Morgan fingerprint density at radius 3 is 2.49 bits per heavy atom. The lowest BCUT2D eigenvalue weighted by molar-refractivity contribution is 0.0809. The monoisotopic (exact) mass is 489 g/mol. The van der Waals surface area contributed by atoms with Gasteiger partial charge in [0, 0.05) is 40.7 Å². The number of benzene rings is 1. The van der Waals surface area contributed by atoms with Gasteiger partial charge in [0.15, 0.2) is 5.78 Å². The molecule has 6 nitrogen and oxygen atoms in total. The van der Waals surface area contributed by atoms with Crippen LogP contribution in [0.5, 0.6) is 0 Å². The van der Waals surface area contributed by atoms with Gasteiger partial charge in [0.2, 0.25) is 0 Å². The largest absolute Gasteiger partial charge is 0.305 e. The van der Waals surface area contributed by atoms with E-state index in [0.717, 1.165) is 35.5 Å². The molecule has 0 aliphatic heterocycles. The molecule has 182 valence electrons. The van der Waals surface area contributed by atoms with Gasteiger partial charge in [-0.25, -0.2) is 14.4 Å². The zero-order valence-electron chi connectivity index (χ0n) is 20.5. The summed E-state index contributed by atoms with van der Waals surface area (Å²) in [5.41, 5.74) is 6.30. The molecule has 0 saturated carbocycles. The third-order valence-electron chi connectivity index (χ3n) is 6.85. The number of halogens is 1. The molecule has 1 aromatic carbocycles.